The van der Waals surface area contributed by atoms with E-state index in [0.29, 0.717) is 16.9 Å². The van der Waals surface area contributed by atoms with E-state index in [1.54, 1.807) is 31.4 Å². The molecule has 0 saturated heterocycles. The van der Waals surface area contributed by atoms with Gasteiger partial charge >= 0.3 is 0 Å². The zero-order chi connectivity index (χ0) is 18.2. The summed E-state index contributed by atoms with van der Waals surface area (Å²) < 4.78 is 5.17. The average molecular weight is 332 g/mol. The molecule has 0 bridgehead atoms. The third-order valence-corrected chi connectivity index (χ3v) is 3.75. The van der Waals surface area contributed by atoms with Gasteiger partial charge in [-0.3, -0.25) is 4.79 Å². The summed E-state index contributed by atoms with van der Waals surface area (Å²) in [5, 5.41) is 0. The highest BCUT2D eigenvalue weighted by atomic mass is 16.5. The van der Waals surface area contributed by atoms with Crippen molar-refractivity contribution in [1.82, 2.24) is 0 Å². The van der Waals surface area contributed by atoms with Crippen LogP contribution in [-0.4, -0.2) is 12.9 Å². The van der Waals surface area contributed by atoms with E-state index in [1.165, 1.54) is 16.7 Å². The number of carbonyl (C=O) groups excluding carboxylic acids is 1. The van der Waals surface area contributed by atoms with E-state index in [4.69, 9.17) is 4.74 Å². The Morgan fingerprint density at radius 2 is 1.20 bits per heavy atom. The molecule has 0 unspecified atom stereocenters. The number of rotatable bonds is 3. The largest absolute Gasteiger partial charge is 0.496 e. The van der Waals surface area contributed by atoms with E-state index >= 15 is 0 Å². The van der Waals surface area contributed by atoms with E-state index in [0.717, 1.165) is 0 Å². The summed E-state index contributed by atoms with van der Waals surface area (Å²) in [5.41, 5.74) is 5.33. The van der Waals surface area contributed by atoms with Crippen molar-refractivity contribution >= 4 is 5.78 Å². The van der Waals surface area contributed by atoms with Gasteiger partial charge in [0.15, 0.2) is 5.78 Å². The minimum absolute atomic E-state index is 0.0157. The summed E-state index contributed by atoms with van der Waals surface area (Å²) in [6, 6.07) is 23.0. The maximum atomic E-state index is 12.1. The van der Waals surface area contributed by atoms with E-state index in [-0.39, 0.29) is 5.78 Å². The van der Waals surface area contributed by atoms with Gasteiger partial charge in [0.1, 0.15) is 5.75 Å². The number of benzene rings is 3. The number of methoxy groups -OCH3 is 1. The predicted octanol–water partition coefficient (Wildman–Crippen LogP) is 5.54. The van der Waals surface area contributed by atoms with Crippen LogP contribution in [0.5, 0.6) is 5.75 Å². The molecule has 0 radical (unpaired) electrons. The quantitative estimate of drug-likeness (QED) is 0.589. The lowest BCUT2D eigenvalue weighted by Gasteiger charge is -2.06. The molecule has 0 spiro atoms. The molecule has 0 aromatic heterocycles. The number of hydrogen-bond acceptors (Lipinski definition) is 2. The molecule has 0 saturated carbocycles. The van der Waals surface area contributed by atoms with Crippen molar-refractivity contribution in [3.05, 3.63) is 101 Å². The zero-order valence-corrected chi connectivity index (χ0v) is 15.2. The third-order valence-electron chi connectivity index (χ3n) is 3.75. The molecule has 2 heteroatoms. The van der Waals surface area contributed by atoms with E-state index < -0.39 is 0 Å². The predicted molar refractivity (Wildman–Crippen MR) is 104 cm³/mol. The molecule has 3 aromatic rings. The van der Waals surface area contributed by atoms with Crippen LogP contribution in [0.4, 0.5) is 0 Å². The van der Waals surface area contributed by atoms with Gasteiger partial charge in [-0.15, -0.1) is 0 Å². The van der Waals surface area contributed by atoms with Crippen LogP contribution in [0.1, 0.15) is 32.6 Å². The summed E-state index contributed by atoms with van der Waals surface area (Å²) in [5.74, 6) is 0.592. The zero-order valence-electron chi connectivity index (χ0n) is 15.2. The minimum Gasteiger partial charge on any atom is -0.496 e. The summed E-state index contributed by atoms with van der Waals surface area (Å²) in [4.78, 5) is 12.1. The van der Waals surface area contributed by atoms with Gasteiger partial charge in [0.25, 0.3) is 0 Å². The van der Waals surface area contributed by atoms with Crippen LogP contribution in [0.3, 0.4) is 0 Å². The molecule has 3 rings (SSSR count). The molecule has 0 aliphatic carbocycles. The monoisotopic (exact) mass is 332 g/mol. The lowest BCUT2D eigenvalue weighted by atomic mass is 10.0. The van der Waals surface area contributed by atoms with Gasteiger partial charge in [-0.05, 0) is 32.9 Å². The second kappa shape index (κ2) is 8.84. The lowest BCUT2D eigenvalue weighted by Crippen LogP contribution is -2.03. The van der Waals surface area contributed by atoms with Gasteiger partial charge in [0.05, 0.1) is 12.7 Å². The number of carbonyl (C=O) groups is 1. The van der Waals surface area contributed by atoms with Crippen LogP contribution < -0.4 is 4.74 Å². The Morgan fingerprint density at radius 3 is 1.72 bits per heavy atom. The minimum atomic E-state index is -0.0157. The van der Waals surface area contributed by atoms with Crippen LogP contribution in [0.2, 0.25) is 0 Å². The van der Waals surface area contributed by atoms with Crippen LogP contribution in [-0.2, 0) is 0 Å². The fourth-order valence-electron chi connectivity index (χ4n) is 2.78. The maximum Gasteiger partial charge on any atom is 0.196 e. The molecule has 0 aliphatic rings. The first-order valence-electron chi connectivity index (χ1n) is 8.29. The lowest BCUT2D eigenvalue weighted by molar-refractivity contribution is 0.103. The Balaban J connectivity index is 0.000000212. The normalized spacial score (nSPS) is 9.76. The highest BCUT2D eigenvalue weighted by Gasteiger charge is 2.12. The second-order valence-electron chi connectivity index (χ2n) is 6.06. The number of para-hydroxylation sites is 1. The second-order valence-corrected chi connectivity index (χ2v) is 6.06. The Bertz CT molecular complexity index is 785. The highest BCUT2D eigenvalue weighted by Crippen LogP contribution is 2.20. The van der Waals surface area contributed by atoms with Crippen molar-refractivity contribution in [2.45, 2.75) is 20.8 Å². The Kier molecular flexibility index (Phi) is 6.53. The smallest absolute Gasteiger partial charge is 0.196 e. The van der Waals surface area contributed by atoms with Crippen LogP contribution in [0.15, 0.2) is 72.8 Å². The number of hydrogen-bond donors (Lipinski definition) is 0. The average Bonchev–Trinajstić information content (AvgIpc) is 2.61. The Hall–Kier alpha value is -2.87. The van der Waals surface area contributed by atoms with Gasteiger partial charge in [-0.2, -0.15) is 0 Å². The molecule has 3 aromatic carbocycles. The standard InChI is InChI=1S/C14H12O2.C9H12/c1-16-13-10-6-5-9-12(13)14(15)11-7-3-2-4-8-11;1-7-4-8(2)6-9(3)5-7/h2-10H,1H3;4-6H,1-3H3. The summed E-state index contributed by atoms with van der Waals surface area (Å²) in [6.07, 6.45) is 0. The van der Waals surface area contributed by atoms with Crippen LogP contribution in [0.25, 0.3) is 0 Å². The molecule has 0 N–H and O–H groups in total. The SMILES string of the molecule is COc1ccccc1C(=O)c1ccccc1.Cc1cc(C)cc(C)c1. The topological polar surface area (TPSA) is 26.3 Å². The van der Waals surface area contributed by atoms with Crippen LogP contribution in [0, 0.1) is 20.8 Å². The molecular weight excluding hydrogens is 308 g/mol. The van der Waals surface area contributed by atoms with E-state index in [2.05, 4.69) is 39.0 Å². The molecule has 0 heterocycles. The van der Waals surface area contributed by atoms with Gasteiger partial charge in [-0.25, -0.2) is 0 Å². The molecule has 128 valence electrons. The van der Waals surface area contributed by atoms with Gasteiger partial charge in [-0.1, -0.05) is 77.4 Å². The van der Waals surface area contributed by atoms with Crippen molar-refractivity contribution in [2.75, 3.05) is 7.11 Å². The van der Waals surface area contributed by atoms with Crippen molar-refractivity contribution in [3.8, 4) is 5.75 Å². The summed E-state index contributed by atoms with van der Waals surface area (Å²) >= 11 is 0. The number of ketones is 1. The first-order valence-corrected chi connectivity index (χ1v) is 8.29. The van der Waals surface area contributed by atoms with Crippen molar-refractivity contribution in [3.63, 3.8) is 0 Å². The molecule has 0 fully saturated rings. The first-order chi connectivity index (χ1) is 12.0. The first kappa shape index (κ1) is 18.5. The molecular formula is C23H24O2. The van der Waals surface area contributed by atoms with E-state index in [9.17, 15) is 4.79 Å². The van der Waals surface area contributed by atoms with Crippen molar-refractivity contribution in [2.24, 2.45) is 0 Å². The maximum absolute atomic E-state index is 12.1. The number of ether oxygens (including phenoxy) is 1. The number of aryl methyl sites for hydroxylation is 3. The molecule has 2 nitrogen and oxygen atoms in total. The molecule has 0 aliphatic heterocycles. The van der Waals surface area contributed by atoms with Crippen LogP contribution >= 0.6 is 0 Å². The molecule has 25 heavy (non-hydrogen) atoms. The van der Waals surface area contributed by atoms with Crippen molar-refractivity contribution in [1.29, 1.82) is 0 Å². The Morgan fingerprint density at radius 1 is 0.720 bits per heavy atom. The van der Waals surface area contributed by atoms with E-state index in [1.807, 2.05) is 30.3 Å². The van der Waals surface area contributed by atoms with Crippen molar-refractivity contribution < 1.29 is 9.53 Å². The summed E-state index contributed by atoms with van der Waals surface area (Å²) in [7, 11) is 1.57. The molecule has 0 amide bonds. The third kappa shape index (κ3) is 5.32. The molecule has 0 atom stereocenters. The van der Waals surface area contributed by atoms with Gasteiger partial charge < -0.3 is 4.74 Å². The highest BCUT2D eigenvalue weighted by molar-refractivity contribution is 6.10. The fraction of sp³-hybridized carbons (Fsp3) is 0.174. The van der Waals surface area contributed by atoms with Gasteiger partial charge in [0.2, 0.25) is 0 Å². The van der Waals surface area contributed by atoms with Gasteiger partial charge in [0, 0.05) is 5.56 Å². The fourth-order valence-corrected chi connectivity index (χ4v) is 2.78. The summed E-state index contributed by atoms with van der Waals surface area (Å²) in [6.45, 7) is 6.38. The Labute approximate surface area is 150 Å².